The molecule has 52 heavy (non-hydrogen) atoms. The maximum atomic E-state index is 14.5. The molecule has 284 valence electrons. The molecule has 0 aromatic heterocycles. The van der Waals surface area contributed by atoms with E-state index in [1.165, 1.54) is 4.90 Å². The summed E-state index contributed by atoms with van der Waals surface area (Å²) in [5.41, 5.74) is -1.96. The molecule has 0 spiro atoms. The van der Waals surface area contributed by atoms with Crippen molar-refractivity contribution in [2.24, 2.45) is 5.92 Å². The van der Waals surface area contributed by atoms with Crippen LogP contribution in [-0.2, 0) is 30.0 Å². The SMILES string of the molecule is O=C(C(Cc1cc(C(F)(F)F)cc(C(F)(F)F)c1)[C@H]1CC(N2CCc3ccccc3NC2=O)CCN1C(=O)[O-])N1CCC(N2CCC(O)CC2)CC1. The molecule has 4 amide bonds. The Balaban J connectivity index is 1.31. The molecule has 4 aliphatic heterocycles. The molecule has 0 saturated carbocycles. The number of carboxylic acid groups (broad SMARTS) is 1. The number of halogens is 6. The lowest BCUT2D eigenvalue weighted by Crippen LogP contribution is -2.61. The lowest BCUT2D eigenvalue weighted by atomic mass is 9.81. The van der Waals surface area contributed by atoms with E-state index < -0.39 is 71.5 Å². The van der Waals surface area contributed by atoms with E-state index in [2.05, 4.69) is 10.2 Å². The molecular weight excluding hydrogens is 696 g/mol. The second-order valence-corrected chi connectivity index (χ2v) is 14.3. The second-order valence-electron chi connectivity index (χ2n) is 14.3. The van der Waals surface area contributed by atoms with Gasteiger partial charge in [-0.1, -0.05) is 18.2 Å². The van der Waals surface area contributed by atoms with Crippen molar-refractivity contribution in [2.75, 3.05) is 44.6 Å². The first-order chi connectivity index (χ1) is 24.6. The van der Waals surface area contributed by atoms with Crippen molar-refractivity contribution >= 4 is 23.7 Å². The first-order valence-electron chi connectivity index (χ1n) is 17.7. The van der Waals surface area contributed by atoms with Gasteiger partial charge in [-0.2, -0.15) is 26.3 Å². The minimum absolute atomic E-state index is 0.0186. The van der Waals surface area contributed by atoms with Crippen LogP contribution in [-0.4, -0.2) is 106 Å². The highest BCUT2D eigenvalue weighted by Gasteiger charge is 2.44. The fourth-order valence-corrected chi connectivity index (χ4v) is 8.32. The predicted octanol–water partition coefficient (Wildman–Crippen LogP) is 4.60. The highest BCUT2D eigenvalue weighted by molar-refractivity contribution is 5.91. The molecule has 4 aliphatic rings. The molecule has 3 atom stereocenters. The molecule has 3 saturated heterocycles. The molecule has 4 heterocycles. The van der Waals surface area contributed by atoms with Crippen molar-refractivity contribution in [3.05, 3.63) is 64.7 Å². The van der Waals surface area contributed by atoms with Gasteiger partial charge in [0, 0.05) is 63.1 Å². The summed E-state index contributed by atoms with van der Waals surface area (Å²) in [6.07, 6.45) is -9.87. The Hall–Kier alpha value is -4.05. The smallest absolute Gasteiger partial charge is 0.416 e. The van der Waals surface area contributed by atoms with Crippen molar-refractivity contribution in [1.82, 2.24) is 19.6 Å². The topological polar surface area (TPSA) is 119 Å². The molecule has 2 N–H and O–H groups in total. The number of likely N-dealkylation sites (tertiary alicyclic amines) is 3. The summed E-state index contributed by atoms with van der Waals surface area (Å²) >= 11 is 0. The summed E-state index contributed by atoms with van der Waals surface area (Å²) in [6, 6.07) is 6.32. The van der Waals surface area contributed by atoms with Crippen LogP contribution in [0.3, 0.4) is 0 Å². The van der Waals surface area contributed by atoms with Crippen molar-refractivity contribution in [3.63, 3.8) is 0 Å². The maximum Gasteiger partial charge on any atom is 0.416 e. The zero-order valence-electron chi connectivity index (χ0n) is 28.5. The summed E-state index contributed by atoms with van der Waals surface area (Å²) in [4.78, 5) is 46.8. The van der Waals surface area contributed by atoms with E-state index in [0.717, 1.165) is 10.5 Å². The van der Waals surface area contributed by atoms with Gasteiger partial charge in [0.1, 0.15) is 6.09 Å². The van der Waals surface area contributed by atoms with Crippen LogP contribution in [0.4, 0.5) is 41.6 Å². The molecule has 2 unspecified atom stereocenters. The van der Waals surface area contributed by atoms with Gasteiger partial charge in [0.05, 0.1) is 23.1 Å². The van der Waals surface area contributed by atoms with Crippen LogP contribution in [0.25, 0.3) is 0 Å². The van der Waals surface area contributed by atoms with E-state index >= 15 is 0 Å². The van der Waals surface area contributed by atoms with E-state index in [9.17, 15) is 50.9 Å². The zero-order chi connectivity index (χ0) is 37.4. The number of carbonyl (C=O) groups is 3. The number of amides is 4. The van der Waals surface area contributed by atoms with Crippen LogP contribution in [0.5, 0.6) is 0 Å². The molecule has 2 aromatic rings. The fraction of sp³-hybridized carbons (Fsp3) is 0.583. The standard InChI is InChI=1S/C36H43F6N5O5/c37-35(38,39)24-17-22(18-25(20-24)36(40,41)42)19-29(32(49)45-11-6-26(7-12-45)44-13-9-28(48)10-14-44)31-21-27(8-16-47(31)34(51)52)46-15-5-23-3-1-2-4-30(23)43-33(46)50/h1-4,17-18,20,26-29,31,48H,5-16,19,21H2,(H,43,50)(H,51,52)/p-1/t27?,29?,31-/m1/s1. The Kier molecular flexibility index (Phi) is 11.0. The first-order valence-corrected chi connectivity index (χ1v) is 17.7. The van der Waals surface area contributed by atoms with Crippen LogP contribution in [0, 0.1) is 5.92 Å². The Labute approximate surface area is 297 Å². The van der Waals surface area contributed by atoms with Crippen LogP contribution in [0.2, 0.25) is 0 Å². The van der Waals surface area contributed by atoms with E-state index in [4.69, 9.17) is 0 Å². The number of nitrogens with one attached hydrogen (secondary N) is 1. The highest BCUT2D eigenvalue weighted by atomic mass is 19.4. The number of rotatable bonds is 6. The molecular formula is C36H42F6N5O5-. The van der Waals surface area contributed by atoms with E-state index in [0.29, 0.717) is 63.0 Å². The fourth-order valence-electron chi connectivity index (χ4n) is 8.32. The van der Waals surface area contributed by atoms with Gasteiger partial charge in [-0.3, -0.25) is 4.79 Å². The Bertz CT molecular complexity index is 1590. The largest absolute Gasteiger partial charge is 0.530 e. The number of fused-ring (bicyclic) bond motifs is 1. The number of nitrogens with zero attached hydrogens (tertiary/aromatic N) is 4. The van der Waals surface area contributed by atoms with Crippen molar-refractivity contribution in [3.8, 4) is 0 Å². The lowest BCUT2D eigenvalue weighted by Gasteiger charge is -2.48. The normalized spacial score (nSPS) is 23.5. The maximum absolute atomic E-state index is 14.5. The third kappa shape index (κ3) is 8.43. The molecule has 2 aromatic carbocycles. The van der Waals surface area contributed by atoms with Crippen LogP contribution in [0.1, 0.15) is 60.8 Å². The van der Waals surface area contributed by atoms with Crippen molar-refractivity contribution in [2.45, 2.75) is 87.9 Å². The number of carbonyl (C=O) groups excluding carboxylic acids is 3. The molecule has 0 bridgehead atoms. The van der Waals surface area contributed by atoms with E-state index in [1.54, 1.807) is 17.0 Å². The Morgan fingerprint density at radius 1 is 0.846 bits per heavy atom. The van der Waals surface area contributed by atoms with Gasteiger partial charge < -0.3 is 39.9 Å². The third-order valence-electron chi connectivity index (χ3n) is 11.1. The summed E-state index contributed by atoms with van der Waals surface area (Å²) in [5.74, 6) is -1.96. The van der Waals surface area contributed by atoms with E-state index in [1.807, 2.05) is 12.1 Å². The number of hydrogen-bond donors (Lipinski definition) is 2. The van der Waals surface area contributed by atoms with Crippen molar-refractivity contribution < 1.29 is 50.9 Å². The quantitative estimate of drug-likeness (QED) is 0.419. The van der Waals surface area contributed by atoms with Gasteiger partial charge in [0.2, 0.25) is 5.91 Å². The number of aliphatic hydroxyl groups excluding tert-OH is 1. The number of urea groups is 1. The highest BCUT2D eigenvalue weighted by Crippen LogP contribution is 2.39. The molecule has 16 heteroatoms. The first kappa shape index (κ1) is 37.7. The number of para-hydroxylation sites is 1. The van der Waals surface area contributed by atoms with Crippen LogP contribution in [0.15, 0.2) is 42.5 Å². The average Bonchev–Trinajstić information content (AvgIpc) is 3.27. The zero-order valence-corrected chi connectivity index (χ0v) is 28.5. The number of aliphatic hydroxyl groups is 1. The summed E-state index contributed by atoms with van der Waals surface area (Å²) < 4.78 is 83.3. The Morgan fingerprint density at radius 2 is 1.46 bits per heavy atom. The van der Waals surface area contributed by atoms with Gasteiger partial charge in [0.25, 0.3) is 0 Å². The average molecular weight is 739 g/mol. The predicted molar refractivity (Wildman–Crippen MR) is 175 cm³/mol. The summed E-state index contributed by atoms with van der Waals surface area (Å²) in [7, 11) is 0. The number of hydrogen-bond acceptors (Lipinski definition) is 6. The number of anilines is 1. The lowest BCUT2D eigenvalue weighted by molar-refractivity contribution is -0.270. The monoisotopic (exact) mass is 738 g/mol. The van der Waals surface area contributed by atoms with Gasteiger partial charge >= 0.3 is 18.4 Å². The van der Waals surface area contributed by atoms with Gasteiger partial charge in [-0.05, 0) is 86.8 Å². The molecule has 3 fully saturated rings. The Morgan fingerprint density at radius 3 is 2.08 bits per heavy atom. The third-order valence-corrected chi connectivity index (χ3v) is 11.1. The number of alkyl halides is 6. The second kappa shape index (κ2) is 15.1. The molecule has 6 rings (SSSR count). The minimum Gasteiger partial charge on any atom is -0.530 e. The van der Waals surface area contributed by atoms with E-state index in [-0.39, 0.29) is 57.2 Å². The molecule has 10 nitrogen and oxygen atoms in total. The summed E-state index contributed by atoms with van der Waals surface area (Å²) in [6.45, 7) is 2.01. The minimum atomic E-state index is -5.12. The van der Waals surface area contributed by atoms with Gasteiger partial charge in [-0.15, -0.1) is 0 Å². The number of piperidine rings is 3. The number of benzene rings is 2. The van der Waals surface area contributed by atoms with Crippen LogP contribution < -0.4 is 10.4 Å². The van der Waals surface area contributed by atoms with Gasteiger partial charge in [0.15, 0.2) is 0 Å². The van der Waals surface area contributed by atoms with Crippen molar-refractivity contribution in [1.29, 1.82) is 0 Å². The summed E-state index contributed by atoms with van der Waals surface area (Å²) in [5, 5.41) is 25.4. The van der Waals surface area contributed by atoms with Crippen LogP contribution >= 0.6 is 0 Å². The molecule has 0 radical (unpaired) electrons. The van der Waals surface area contributed by atoms with Gasteiger partial charge in [-0.25, -0.2) is 4.79 Å². The molecule has 0 aliphatic carbocycles.